The van der Waals surface area contributed by atoms with Crippen molar-refractivity contribution in [3.63, 3.8) is 0 Å². The minimum Gasteiger partial charge on any atom is -0.493 e. The zero-order chi connectivity index (χ0) is 15.8. The zero-order valence-electron chi connectivity index (χ0n) is 12.9. The number of carboxylic acid groups (broad SMARTS) is 1. The standard InChI is InChI=1S/C15H23NO5/c1-10(5-6-14(17)18)16-9-11-7-12(19-2)15(21-4)13(8-11)20-3/h7-8,10,16H,5-6,9H2,1-4H3,(H,17,18). The van der Waals surface area contributed by atoms with Crippen molar-refractivity contribution in [2.75, 3.05) is 21.3 Å². The van der Waals surface area contributed by atoms with Gasteiger partial charge in [-0.1, -0.05) is 0 Å². The molecule has 1 unspecified atom stereocenters. The Hall–Kier alpha value is -1.95. The molecule has 6 nitrogen and oxygen atoms in total. The number of methoxy groups -OCH3 is 3. The molecule has 118 valence electrons. The predicted molar refractivity (Wildman–Crippen MR) is 79.3 cm³/mol. The van der Waals surface area contributed by atoms with Crippen LogP contribution in [0.2, 0.25) is 0 Å². The van der Waals surface area contributed by atoms with Crippen LogP contribution in [-0.4, -0.2) is 38.4 Å². The van der Waals surface area contributed by atoms with Crippen molar-refractivity contribution in [2.24, 2.45) is 0 Å². The Kier molecular flexibility index (Phi) is 6.81. The monoisotopic (exact) mass is 297 g/mol. The number of aliphatic carboxylic acids is 1. The van der Waals surface area contributed by atoms with Gasteiger partial charge >= 0.3 is 5.97 Å². The van der Waals surface area contributed by atoms with E-state index < -0.39 is 5.97 Å². The van der Waals surface area contributed by atoms with Crippen molar-refractivity contribution in [3.05, 3.63) is 17.7 Å². The summed E-state index contributed by atoms with van der Waals surface area (Å²) in [6, 6.07) is 3.86. The van der Waals surface area contributed by atoms with Crippen LogP contribution in [0.3, 0.4) is 0 Å². The Morgan fingerprint density at radius 3 is 2.19 bits per heavy atom. The summed E-state index contributed by atoms with van der Waals surface area (Å²) in [5.74, 6) is 0.984. The van der Waals surface area contributed by atoms with E-state index in [1.54, 1.807) is 21.3 Å². The van der Waals surface area contributed by atoms with E-state index in [4.69, 9.17) is 19.3 Å². The second kappa shape index (κ2) is 8.36. The molecule has 6 heteroatoms. The maximum absolute atomic E-state index is 10.5. The molecule has 0 spiro atoms. The van der Waals surface area contributed by atoms with Crippen molar-refractivity contribution in [2.45, 2.75) is 32.4 Å². The maximum Gasteiger partial charge on any atom is 0.303 e. The average molecular weight is 297 g/mol. The first-order valence-corrected chi connectivity index (χ1v) is 6.75. The summed E-state index contributed by atoms with van der Waals surface area (Å²) < 4.78 is 15.9. The van der Waals surface area contributed by atoms with Crippen molar-refractivity contribution in [1.29, 1.82) is 0 Å². The summed E-state index contributed by atoms with van der Waals surface area (Å²) in [6.07, 6.45) is 0.739. The molecule has 0 aromatic heterocycles. The summed E-state index contributed by atoms with van der Waals surface area (Å²) >= 11 is 0. The lowest BCUT2D eigenvalue weighted by Gasteiger charge is -2.16. The molecule has 1 rings (SSSR count). The molecule has 0 saturated heterocycles. The van der Waals surface area contributed by atoms with Crippen LogP contribution in [0.1, 0.15) is 25.3 Å². The van der Waals surface area contributed by atoms with E-state index in [0.29, 0.717) is 30.2 Å². The molecule has 0 radical (unpaired) electrons. The summed E-state index contributed by atoms with van der Waals surface area (Å²) in [7, 11) is 4.71. The lowest BCUT2D eigenvalue weighted by atomic mass is 10.1. The predicted octanol–water partition coefficient (Wildman–Crippen LogP) is 2.06. The Balaban J connectivity index is 2.73. The highest BCUT2D eigenvalue weighted by atomic mass is 16.5. The van der Waals surface area contributed by atoms with Gasteiger partial charge in [0.1, 0.15) is 0 Å². The molecule has 1 atom stereocenters. The molecule has 0 bridgehead atoms. The van der Waals surface area contributed by atoms with Crippen LogP contribution in [0, 0.1) is 0 Å². The topological polar surface area (TPSA) is 77.0 Å². The van der Waals surface area contributed by atoms with Crippen molar-refractivity contribution < 1.29 is 24.1 Å². The summed E-state index contributed by atoms with van der Waals surface area (Å²) in [4.78, 5) is 10.5. The van der Waals surface area contributed by atoms with Gasteiger partial charge in [-0.15, -0.1) is 0 Å². The van der Waals surface area contributed by atoms with Crippen LogP contribution in [-0.2, 0) is 11.3 Å². The van der Waals surface area contributed by atoms with E-state index in [-0.39, 0.29) is 12.5 Å². The molecular formula is C15H23NO5. The molecule has 0 aliphatic heterocycles. The molecule has 0 saturated carbocycles. The number of hydrogen-bond donors (Lipinski definition) is 2. The SMILES string of the molecule is COc1cc(CNC(C)CCC(=O)O)cc(OC)c1OC. The fourth-order valence-electron chi connectivity index (χ4n) is 1.97. The quantitative estimate of drug-likeness (QED) is 0.726. The van der Waals surface area contributed by atoms with Gasteiger partial charge in [0.2, 0.25) is 5.75 Å². The minimum absolute atomic E-state index is 0.111. The largest absolute Gasteiger partial charge is 0.493 e. The Morgan fingerprint density at radius 2 is 1.76 bits per heavy atom. The van der Waals surface area contributed by atoms with Gasteiger partial charge in [-0.05, 0) is 31.0 Å². The first-order valence-electron chi connectivity index (χ1n) is 6.75. The van der Waals surface area contributed by atoms with Crippen LogP contribution in [0.15, 0.2) is 12.1 Å². The number of hydrogen-bond acceptors (Lipinski definition) is 5. The molecule has 0 heterocycles. The summed E-state index contributed by atoms with van der Waals surface area (Å²) in [5, 5.41) is 11.9. The Morgan fingerprint density at radius 1 is 1.19 bits per heavy atom. The fourth-order valence-corrected chi connectivity index (χ4v) is 1.97. The number of carbonyl (C=O) groups is 1. The minimum atomic E-state index is -0.781. The number of carboxylic acids is 1. The van der Waals surface area contributed by atoms with E-state index in [0.717, 1.165) is 5.56 Å². The molecule has 0 aliphatic carbocycles. The fraction of sp³-hybridized carbons (Fsp3) is 0.533. The van der Waals surface area contributed by atoms with E-state index in [1.807, 2.05) is 19.1 Å². The van der Waals surface area contributed by atoms with Gasteiger partial charge in [0.05, 0.1) is 21.3 Å². The van der Waals surface area contributed by atoms with Gasteiger partial charge in [0.25, 0.3) is 0 Å². The lowest BCUT2D eigenvalue weighted by molar-refractivity contribution is -0.137. The molecule has 2 N–H and O–H groups in total. The van der Waals surface area contributed by atoms with E-state index in [2.05, 4.69) is 5.32 Å². The Labute approximate surface area is 125 Å². The molecule has 0 amide bonds. The number of benzene rings is 1. The average Bonchev–Trinajstić information content (AvgIpc) is 2.49. The van der Waals surface area contributed by atoms with E-state index in [1.165, 1.54) is 0 Å². The zero-order valence-corrected chi connectivity index (χ0v) is 12.9. The highest BCUT2D eigenvalue weighted by molar-refractivity contribution is 5.66. The highest BCUT2D eigenvalue weighted by Gasteiger charge is 2.13. The first-order chi connectivity index (χ1) is 10.0. The summed E-state index contributed by atoms with van der Waals surface area (Å²) in [5.41, 5.74) is 0.978. The van der Waals surface area contributed by atoms with Gasteiger partial charge in [0.15, 0.2) is 11.5 Å². The van der Waals surface area contributed by atoms with Gasteiger partial charge in [0, 0.05) is 19.0 Å². The van der Waals surface area contributed by atoms with Gasteiger partial charge in [-0.25, -0.2) is 0 Å². The van der Waals surface area contributed by atoms with Crippen LogP contribution < -0.4 is 19.5 Å². The third-order valence-corrected chi connectivity index (χ3v) is 3.17. The van der Waals surface area contributed by atoms with Crippen molar-refractivity contribution in [1.82, 2.24) is 5.32 Å². The van der Waals surface area contributed by atoms with Crippen molar-refractivity contribution >= 4 is 5.97 Å². The van der Waals surface area contributed by atoms with Crippen molar-refractivity contribution in [3.8, 4) is 17.2 Å². The normalized spacial score (nSPS) is 11.8. The van der Waals surface area contributed by atoms with Gasteiger partial charge < -0.3 is 24.6 Å². The molecule has 1 aromatic rings. The van der Waals surface area contributed by atoms with Crippen LogP contribution in [0.5, 0.6) is 17.2 Å². The highest BCUT2D eigenvalue weighted by Crippen LogP contribution is 2.38. The van der Waals surface area contributed by atoms with Gasteiger partial charge in [-0.2, -0.15) is 0 Å². The van der Waals surface area contributed by atoms with Crippen LogP contribution in [0.4, 0.5) is 0 Å². The number of ether oxygens (including phenoxy) is 3. The molecule has 0 fully saturated rings. The second-order valence-corrected chi connectivity index (χ2v) is 4.75. The second-order valence-electron chi connectivity index (χ2n) is 4.75. The van der Waals surface area contributed by atoms with Crippen LogP contribution >= 0.6 is 0 Å². The first kappa shape index (κ1) is 17.1. The molecule has 21 heavy (non-hydrogen) atoms. The smallest absolute Gasteiger partial charge is 0.303 e. The van der Waals surface area contributed by atoms with Gasteiger partial charge in [-0.3, -0.25) is 4.79 Å². The molecule has 0 aliphatic rings. The molecule has 1 aromatic carbocycles. The van der Waals surface area contributed by atoms with Crippen LogP contribution in [0.25, 0.3) is 0 Å². The summed E-state index contributed by atoms with van der Waals surface area (Å²) in [6.45, 7) is 2.55. The van der Waals surface area contributed by atoms with E-state index >= 15 is 0 Å². The number of nitrogens with one attached hydrogen (secondary N) is 1. The third-order valence-electron chi connectivity index (χ3n) is 3.17. The molecular weight excluding hydrogens is 274 g/mol. The lowest BCUT2D eigenvalue weighted by Crippen LogP contribution is -2.26. The Bertz CT molecular complexity index is 450. The number of rotatable bonds is 9. The maximum atomic E-state index is 10.5. The third kappa shape index (κ3) is 5.15. The van der Waals surface area contributed by atoms with E-state index in [9.17, 15) is 4.79 Å².